The molecule has 0 radical (unpaired) electrons. The average Bonchev–Trinajstić information content (AvgIpc) is 3.84. The fraction of sp³-hybridized carbons (Fsp3) is 0. The van der Waals surface area contributed by atoms with Crippen molar-refractivity contribution in [1.29, 1.82) is 0 Å². The van der Waals surface area contributed by atoms with Crippen LogP contribution in [0.3, 0.4) is 0 Å². The third kappa shape index (κ3) is 5.21. The third-order valence-corrected chi connectivity index (χ3v) is 10.7. The Kier molecular flexibility index (Phi) is 7.42. The lowest BCUT2D eigenvalue weighted by Crippen LogP contribution is -2.02. The Bertz CT molecular complexity index is 3240. The summed E-state index contributed by atoms with van der Waals surface area (Å²) in [6, 6.07) is 67.3. The van der Waals surface area contributed by atoms with Crippen LogP contribution in [0.4, 0.5) is 0 Å². The van der Waals surface area contributed by atoms with Gasteiger partial charge in [0.25, 0.3) is 0 Å². The summed E-state index contributed by atoms with van der Waals surface area (Å²) < 4.78 is 8.99. The van der Waals surface area contributed by atoms with Gasteiger partial charge < -0.3 is 8.98 Å². The topological polar surface area (TPSA) is 56.7 Å². The van der Waals surface area contributed by atoms with E-state index < -0.39 is 0 Å². The molecule has 0 aliphatic rings. The van der Waals surface area contributed by atoms with Crippen LogP contribution in [-0.4, -0.2) is 19.5 Å². The summed E-state index contributed by atoms with van der Waals surface area (Å²) in [4.78, 5) is 15.6. The predicted molar refractivity (Wildman–Crippen MR) is 229 cm³/mol. The molecule has 5 heteroatoms. The van der Waals surface area contributed by atoms with Crippen LogP contribution in [0.5, 0.6) is 0 Å². The second-order valence-electron chi connectivity index (χ2n) is 14.0. The van der Waals surface area contributed by atoms with E-state index in [9.17, 15) is 0 Å². The lowest BCUT2D eigenvalue weighted by Gasteiger charge is -2.14. The van der Waals surface area contributed by atoms with Crippen molar-refractivity contribution in [3.05, 3.63) is 194 Å². The largest absolute Gasteiger partial charge is 0.456 e. The summed E-state index contributed by atoms with van der Waals surface area (Å²) >= 11 is 0. The summed E-state index contributed by atoms with van der Waals surface area (Å²) in [6.45, 7) is 0. The van der Waals surface area contributed by atoms with Crippen molar-refractivity contribution in [2.45, 2.75) is 0 Å². The van der Waals surface area contributed by atoms with Crippen LogP contribution >= 0.6 is 0 Å². The van der Waals surface area contributed by atoms with Gasteiger partial charge in [0.15, 0.2) is 17.5 Å². The molecule has 0 aliphatic carbocycles. The molecule has 0 N–H and O–H groups in total. The predicted octanol–water partition coefficient (Wildman–Crippen LogP) is 13.2. The Balaban J connectivity index is 1.21. The van der Waals surface area contributed by atoms with Crippen molar-refractivity contribution >= 4 is 43.7 Å². The molecule has 0 spiro atoms. The maximum Gasteiger partial charge on any atom is 0.166 e. The number of para-hydroxylation sites is 2. The van der Waals surface area contributed by atoms with Gasteiger partial charge in [0, 0.05) is 32.8 Å². The minimum Gasteiger partial charge on any atom is -0.456 e. The number of hydrogen-bond donors (Lipinski definition) is 0. The molecule has 0 bridgehead atoms. The molecule has 56 heavy (non-hydrogen) atoms. The molecule has 262 valence electrons. The zero-order valence-electron chi connectivity index (χ0n) is 30.2. The van der Waals surface area contributed by atoms with E-state index in [-0.39, 0.29) is 0 Å². The molecule has 0 aliphatic heterocycles. The minimum atomic E-state index is 0.600. The van der Waals surface area contributed by atoms with Crippen molar-refractivity contribution < 1.29 is 4.42 Å². The highest BCUT2D eigenvalue weighted by Gasteiger charge is 2.23. The number of rotatable bonds is 6. The molecule has 11 rings (SSSR count). The zero-order chi connectivity index (χ0) is 37.0. The van der Waals surface area contributed by atoms with Gasteiger partial charge in [0.2, 0.25) is 0 Å². The highest BCUT2D eigenvalue weighted by atomic mass is 16.3. The summed E-state index contributed by atoms with van der Waals surface area (Å²) in [6.07, 6.45) is 0. The Morgan fingerprint density at radius 1 is 0.357 bits per heavy atom. The van der Waals surface area contributed by atoms with E-state index in [2.05, 4.69) is 174 Å². The van der Waals surface area contributed by atoms with Gasteiger partial charge in [-0.3, -0.25) is 0 Å². The minimum absolute atomic E-state index is 0.600. The van der Waals surface area contributed by atoms with Crippen LogP contribution in [-0.2, 0) is 0 Å². The molecule has 0 saturated heterocycles. The molecule has 0 amide bonds. The second-order valence-corrected chi connectivity index (χ2v) is 14.0. The van der Waals surface area contributed by atoms with Crippen molar-refractivity contribution in [2.75, 3.05) is 0 Å². The van der Waals surface area contributed by atoms with E-state index in [1.165, 1.54) is 0 Å². The lowest BCUT2D eigenvalue weighted by molar-refractivity contribution is 0.669. The molecule has 0 atom stereocenters. The first-order valence-electron chi connectivity index (χ1n) is 18.8. The highest BCUT2D eigenvalue weighted by molar-refractivity contribution is 6.19. The fourth-order valence-electron chi connectivity index (χ4n) is 8.15. The van der Waals surface area contributed by atoms with Crippen LogP contribution in [0, 0.1) is 0 Å². The number of aromatic nitrogens is 4. The molecular weight excluding hydrogens is 685 g/mol. The fourth-order valence-corrected chi connectivity index (χ4v) is 8.15. The molecule has 8 aromatic carbocycles. The Labute approximate surface area is 322 Å². The van der Waals surface area contributed by atoms with Crippen LogP contribution in [0.1, 0.15) is 0 Å². The van der Waals surface area contributed by atoms with Gasteiger partial charge in [0.05, 0.1) is 22.1 Å². The quantitative estimate of drug-likeness (QED) is 0.172. The van der Waals surface area contributed by atoms with E-state index in [0.717, 1.165) is 88.4 Å². The highest BCUT2D eigenvalue weighted by Crippen LogP contribution is 2.44. The molecule has 11 aromatic rings. The van der Waals surface area contributed by atoms with Crippen LogP contribution in [0.15, 0.2) is 199 Å². The Hall–Kier alpha value is -7.63. The number of benzene rings is 8. The maximum atomic E-state index is 6.62. The van der Waals surface area contributed by atoms with Gasteiger partial charge in [-0.2, -0.15) is 0 Å². The summed E-state index contributed by atoms with van der Waals surface area (Å²) in [5.41, 5.74) is 12.1. The van der Waals surface area contributed by atoms with E-state index in [4.69, 9.17) is 19.4 Å². The van der Waals surface area contributed by atoms with E-state index in [1.54, 1.807) is 0 Å². The lowest BCUT2D eigenvalue weighted by atomic mass is 9.98. The number of fused-ring (bicyclic) bond motifs is 6. The normalized spacial score (nSPS) is 11.6. The summed E-state index contributed by atoms with van der Waals surface area (Å²) in [5, 5.41) is 4.39. The summed E-state index contributed by atoms with van der Waals surface area (Å²) in [7, 11) is 0. The molecule has 5 nitrogen and oxygen atoms in total. The van der Waals surface area contributed by atoms with Gasteiger partial charge in [-0.05, 0) is 58.7 Å². The summed E-state index contributed by atoms with van der Waals surface area (Å²) in [5.74, 6) is 1.83. The van der Waals surface area contributed by atoms with E-state index in [0.29, 0.717) is 17.5 Å². The Morgan fingerprint density at radius 2 is 0.893 bits per heavy atom. The molecule has 0 saturated carbocycles. The van der Waals surface area contributed by atoms with E-state index in [1.807, 2.05) is 24.3 Å². The van der Waals surface area contributed by atoms with Crippen LogP contribution in [0.25, 0.3) is 106 Å². The van der Waals surface area contributed by atoms with Gasteiger partial charge in [-0.25, -0.2) is 15.0 Å². The average molecular weight is 717 g/mol. The van der Waals surface area contributed by atoms with Gasteiger partial charge in [0.1, 0.15) is 11.2 Å². The maximum absolute atomic E-state index is 6.62. The first kappa shape index (κ1) is 31.9. The third-order valence-electron chi connectivity index (χ3n) is 10.7. The smallest absolute Gasteiger partial charge is 0.166 e. The van der Waals surface area contributed by atoms with Crippen molar-refractivity contribution in [2.24, 2.45) is 0 Å². The number of hydrogen-bond acceptors (Lipinski definition) is 4. The van der Waals surface area contributed by atoms with Crippen molar-refractivity contribution in [3.63, 3.8) is 0 Å². The zero-order valence-corrected chi connectivity index (χ0v) is 30.2. The van der Waals surface area contributed by atoms with Crippen LogP contribution < -0.4 is 0 Å². The molecular formula is C51H32N4O. The standard InChI is InChI=1S/C51H32N4O/c1-4-16-33(17-5-1)36-22-12-23-37(32-36)50-52-49(35-20-8-3-9-21-35)53-51(54-50)41-27-13-26-40-39-24-10-11-28-42(39)55(48(40)41)43-29-15-31-45-47(43)46-38(25-14-30-44(46)56-45)34-18-6-2-7-19-34/h1-32H. The molecule has 0 fully saturated rings. The first-order chi connectivity index (χ1) is 27.8. The molecule has 0 unspecified atom stereocenters. The number of furan rings is 1. The molecule has 3 heterocycles. The van der Waals surface area contributed by atoms with Crippen LogP contribution in [0.2, 0.25) is 0 Å². The van der Waals surface area contributed by atoms with Crippen molar-refractivity contribution in [3.8, 4) is 62.1 Å². The van der Waals surface area contributed by atoms with Gasteiger partial charge in [-0.15, -0.1) is 0 Å². The van der Waals surface area contributed by atoms with Gasteiger partial charge in [-0.1, -0.05) is 158 Å². The Morgan fingerprint density at radius 3 is 1.68 bits per heavy atom. The SMILES string of the molecule is c1ccc(-c2cccc(-c3nc(-c4ccccc4)nc(-c4cccc5c6ccccc6n(-c6cccc7oc8cccc(-c9ccccc9)c8c67)c45)n3)c2)cc1. The number of nitrogens with zero attached hydrogens (tertiary/aromatic N) is 4. The monoisotopic (exact) mass is 716 g/mol. The van der Waals surface area contributed by atoms with Crippen molar-refractivity contribution in [1.82, 2.24) is 19.5 Å². The second kappa shape index (κ2) is 13.0. The van der Waals surface area contributed by atoms with Gasteiger partial charge >= 0.3 is 0 Å². The van der Waals surface area contributed by atoms with E-state index >= 15 is 0 Å². The first-order valence-corrected chi connectivity index (χ1v) is 18.8. The molecule has 3 aromatic heterocycles.